The van der Waals surface area contributed by atoms with Crippen LogP contribution in [0.3, 0.4) is 0 Å². The maximum absolute atomic E-state index is 5.73. The second-order valence-corrected chi connectivity index (χ2v) is 5.21. The van der Waals surface area contributed by atoms with Crippen molar-refractivity contribution in [3.63, 3.8) is 0 Å². The minimum atomic E-state index is 0.0698. The molecule has 2 aromatic rings. The first-order chi connectivity index (χ1) is 8.38. The summed E-state index contributed by atoms with van der Waals surface area (Å²) >= 11 is 1.83. The van der Waals surface area contributed by atoms with E-state index in [1.807, 2.05) is 23.6 Å². The van der Waals surface area contributed by atoms with Crippen LogP contribution in [-0.2, 0) is 11.2 Å². The predicted molar refractivity (Wildman–Crippen MR) is 69.0 cm³/mol. The van der Waals surface area contributed by atoms with Crippen molar-refractivity contribution in [1.82, 2.24) is 4.98 Å². The second kappa shape index (κ2) is 4.56. The van der Waals surface area contributed by atoms with Gasteiger partial charge in [-0.3, -0.25) is 4.98 Å². The molecular weight excluding hydrogens is 232 g/mol. The van der Waals surface area contributed by atoms with E-state index in [9.17, 15) is 0 Å². The van der Waals surface area contributed by atoms with Gasteiger partial charge in [0.15, 0.2) is 0 Å². The molecule has 1 unspecified atom stereocenters. The molecule has 0 amide bonds. The zero-order valence-corrected chi connectivity index (χ0v) is 10.2. The maximum Gasteiger partial charge on any atom is 0.0958 e. The summed E-state index contributed by atoms with van der Waals surface area (Å²) in [7, 11) is 0. The Bertz CT molecular complexity index is 509. The van der Waals surface area contributed by atoms with E-state index in [0.717, 1.165) is 13.0 Å². The number of ether oxygens (including phenoxy) is 1. The summed E-state index contributed by atoms with van der Waals surface area (Å²) in [6.45, 7) is 1.33. The van der Waals surface area contributed by atoms with Crippen LogP contribution in [0.25, 0.3) is 10.4 Å². The van der Waals surface area contributed by atoms with Crippen LogP contribution < -0.4 is 5.73 Å². The van der Waals surface area contributed by atoms with Crippen LogP contribution in [0.4, 0.5) is 0 Å². The summed E-state index contributed by atoms with van der Waals surface area (Å²) in [4.78, 5) is 6.82. The Morgan fingerprint density at radius 3 is 3.24 bits per heavy atom. The fraction of sp³-hybridized carbons (Fsp3) is 0.308. The normalized spacial score (nSPS) is 19.0. The molecule has 4 heteroatoms. The lowest BCUT2D eigenvalue weighted by molar-refractivity contribution is 0.0498. The zero-order valence-electron chi connectivity index (χ0n) is 9.43. The number of thiophene rings is 1. The summed E-state index contributed by atoms with van der Waals surface area (Å²) < 4.78 is 5.67. The van der Waals surface area contributed by atoms with Crippen LogP contribution in [0.1, 0.15) is 16.5 Å². The lowest BCUT2D eigenvalue weighted by Gasteiger charge is -2.21. The summed E-state index contributed by atoms with van der Waals surface area (Å²) in [5.74, 6) is 0. The fourth-order valence-corrected chi connectivity index (χ4v) is 3.32. The Morgan fingerprint density at radius 1 is 1.53 bits per heavy atom. The van der Waals surface area contributed by atoms with Gasteiger partial charge in [0, 0.05) is 40.7 Å². The Hall–Kier alpha value is -1.23. The highest BCUT2D eigenvalue weighted by atomic mass is 32.1. The molecular formula is C13H14N2OS. The van der Waals surface area contributed by atoms with Crippen molar-refractivity contribution in [2.75, 3.05) is 13.2 Å². The van der Waals surface area contributed by atoms with E-state index >= 15 is 0 Å². The first-order valence-corrected chi connectivity index (χ1v) is 6.55. The summed E-state index contributed by atoms with van der Waals surface area (Å²) in [6, 6.07) is 6.25. The molecule has 2 N–H and O–H groups in total. The molecule has 2 aromatic heterocycles. The maximum atomic E-state index is 5.73. The van der Waals surface area contributed by atoms with Crippen LogP contribution >= 0.6 is 11.3 Å². The fourth-order valence-electron chi connectivity index (χ4n) is 2.14. The first-order valence-electron chi connectivity index (χ1n) is 5.73. The molecule has 0 bridgehead atoms. The molecule has 3 rings (SSSR count). The van der Waals surface area contributed by atoms with E-state index in [-0.39, 0.29) is 6.10 Å². The molecule has 0 aliphatic carbocycles. The van der Waals surface area contributed by atoms with Gasteiger partial charge in [0.25, 0.3) is 0 Å². The molecule has 88 valence electrons. The van der Waals surface area contributed by atoms with Gasteiger partial charge < -0.3 is 10.5 Å². The highest BCUT2D eigenvalue weighted by Crippen LogP contribution is 2.37. The molecule has 1 aliphatic heterocycles. The molecule has 0 radical (unpaired) electrons. The SMILES string of the molecule is NCC1OCCc2sc(-c3cccnc3)cc21. The van der Waals surface area contributed by atoms with Gasteiger partial charge in [-0.2, -0.15) is 0 Å². The van der Waals surface area contributed by atoms with E-state index in [2.05, 4.69) is 17.1 Å². The minimum absolute atomic E-state index is 0.0698. The quantitative estimate of drug-likeness (QED) is 0.885. The number of hydrogen-bond acceptors (Lipinski definition) is 4. The second-order valence-electron chi connectivity index (χ2n) is 4.08. The average molecular weight is 246 g/mol. The molecule has 0 saturated heterocycles. The molecule has 3 heterocycles. The summed E-state index contributed by atoms with van der Waals surface area (Å²) in [5.41, 5.74) is 8.17. The van der Waals surface area contributed by atoms with E-state index in [0.29, 0.717) is 6.54 Å². The van der Waals surface area contributed by atoms with Crippen LogP contribution in [0.15, 0.2) is 30.6 Å². The van der Waals surface area contributed by atoms with Crippen molar-refractivity contribution >= 4 is 11.3 Å². The molecule has 3 nitrogen and oxygen atoms in total. The van der Waals surface area contributed by atoms with Crippen molar-refractivity contribution in [2.24, 2.45) is 5.73 Å². The van der Waals surface area contributed by atoms with Crippen molar-refractivity contribution in [3.8, 4) is 10.4 Å². The minimum Gasteiger partial charge on any atom is -0.372 e. The van der Waals surface area contributed by atoms with Gasteiger partial charge in [-0.05, 0) is 17.7 Å². The lowest BCUT2D eigenvalue weighted by atomic mass is 10.1. The number of rotatable bonds is 2. The first kappa shape index (κ1) is 10.9. The topological polar surface area (TPSA) is 48.1 Å². The van der Waals surface area contributed by atoms with Crippen molar-refractivity contribution < 1.29 is 4.74 Å². The van der Waals surface area contributed by atoms with E-state index in [1.54, 1.807) is 6.20 Å². The third-order valence-corrected chi connectivity index (χ3v) is 4.26. The van der Waals surface area contributed by atoms with Crippen LogP contribution in [0.2, 0.25) is 0 Å². The van der Waals surface area contributed by atoms with Crippen molar-refractivity contribution in [2.45, 2.75) is 12.5 Å². The lowest BCUT2D eigenvalue weighted by Crippen LogP contribution is -2.21. The van der Waals surface area contributed by atoms with Crippen LogP contribution in [0, 0.1) is 0 Å². The molecule has 17 heavy (non-hydrogen) atoms. The molecule has 0 fully saturated rings. The third kappa shape index (κ3) is 1.99. The largest absolute Gasteiger partial charge is 0.372 e. The smallest absolute Gasteiger partial charge is 0.0958 e. The Balaban J connectivity index is 2.02. The molecule has 1 atom stereocenters. The van der Waals surface area contributed by atoms with Gasteiger partial charge in [0.2, 0.25) is 0 Å². The number of nitrogens with zero attached hydrogens (tertiary/aromatic N) is 1. The number of hydrogen-bond donors (Lipinski definition) is 1. The highest BCUT2D eigenvalue weighted by molar-refractivity contribution is 7.15. The van der Waals surface area contributed by atoms with Crippen molar-refractivity contribution in [1.29, 1.82) is 0 Å². The number of nitrogens with two attached hydrogens (primary N) is 1. The monoisotopic (exact) mass is 246 g/mol. The Kier molecular flexibility index (Phi) is 2.93. The number of aromatic nitrogens is 1. The third-order valence-electron chi connectivity index (χ3n) is 3.00. The Labute approximate surface area is 104 Å². The molecule has 1 aliphatic rings. The number of fused-ring (bicyclic) bond motifs is 1. The van der Waals surface area contributed by atoms with Crippen LogP contribution in [-0.4, -0.2) is 18.1 Å². The van der Waals surface area contributed by atoms with Gasteiger partial charge in [-0.15, -0.1) is 11.3 Å². The molecule has 0 saturated carbocycles. The van der Waals surface area contributed by atoms with Gasteiger partial charge in [-0.1, -0.05) is 6.07 Å². The number of pyridine rings is 1. The predicted octanol–water partition coefficient (Wildman–Crippen LogP) is 2.38. The van der Waals surface area contributed by atoms with Crippen molar-refractivity contribution in [3.05, 3.63) is 41.0 Å². The van der Waals surface area contributed by atoms with Gasteiger partial charge in [0.1, 0.15) is 0 Å². The van der Waals surface area contributed by atoms with E-state index < -0.39 is 0 Å². The van der Waals surface area contributed by atoms with Gasteiger partial charge in [-0.25, -0.2) is 0 Å². The van der Waals surface area contributed by atoms with Gasteiger partial charge in [0.05, 0.1) is 12.7 Å². The molecule has 0 aromatic carbocycles. The summed E-state index contributed by atoms with van der Waals surface area (Å²) in [5, 5.41) is 0. The van der Waals surface area contributed by atoms with E-state index in [1.165, 1.54) is 20.9 Å². The van der Waals surface area contributed by atoms with Crippen LogP contribution in [0.5, 0.6) is 0 Å². The average Bonchev–Trinajstić information content (AvgIpc) is 2.83. The highest BCUT2D eigenvalue weighted by Gasteiger charge is 2.22. The molecule has 0 spiro atoms. The zero-order chi connectivity index (χ0) is 11.7. The Morgan fingerprint density at radius 2 is 2.47 bits per heavy atom. The van der Waals surface area contributed by atoms with Gasteiger partial charge >= 0.3 is 0 Å². The van der Waals surface area contributed by atoms with E-state index in [4.69, 9.17) is 10.5 Å². The summed E-state index contributed by atoms with van der Waals surface area (Å²) in [6.07, 6.45) is 4.76. The standard InChI is InChI=1S/C13H14N2OS/c14-7-11-10-6-13(9-2-1-4-15-8-9)17-12(10)3-5-16-11/h1-2,4,6,8,11H,3,5,7,14H2.